The van der Waals surface area contributed by atoms with Crippen LogP contribution in [-0.2, 0) is 4.79 Å². The fraction of sp³-hybridized carbons (Fsp3) is 0.571. The smallest absolute Gasteiger partial charge is 0.169 e. The molecule has 0 amide bonds. The van der Waals surface area contributed by atoms with Crippen LogP contribution in [0.15, 0.2) is 12.2 Å². The molecular formula is C7H13NO. The molecule has 0 spiro atoms. The molecule has 9 heavy (non-hydrogen) atoms. The van der Waals surface area contributed by atoms with Gasteiger partial charge in [-0.15, -0.1) is 0 Å². The summed E-state index contributed by atoms with van der Waals surface area (Å²) < 4.78 is 0. The number of allylic oxidation sites excluding steroid dienone is 1. The molecule has 0 aliphatic heterocycles. The summed E-state index contributed by atoms with van der Waals surface area (Å²) in [6, 6.07) is 0. The second kappa shape index (κ2) is 5.51. The molecule has 0 aliphatic rings. The van der Waals surface area contributed by atoms with E-state index in [-0.39, 0.29) is 5.78 Å². The maximum atomic E-state index is 10.7. The number of carbonyl (C=O) groups excluding carboxylic acids is 1. The van der Waals surface area contributed by atoms with E-state index < -0.39 is 0 Å². The lowest BCUT2D eigenvalue weighted by molar-refractivity contribution is -0.113. The summed E-state index contributed by atoms with van der Waals surface area (Å²) >= 11 is 0. The van der Waals surface area contributed by atoms with E-state index >= 15 is 0 Å². The molecule has 0 fully saturated rings. The fourth-order valence-electron chi connectivity index (χ4n) is 0.482. The molecule has 2 nitrogen and oxygen atoms in total. The van der Waals surface area contributed by atoms with Crippen molar-refractivity contribution in [3.63, 3.8) is 0 Å². The quantitative estimate of drug-likeness (QED) is 0.564. The van der Waals surface area contributed by atoms with Gasteiger partial charge >= 0.3 is 0 Å². The Bertz CT molecular complexity index is 107. The Balaban J connectivity index is 3.37. The minimum absolute atomic E-state index is 0.138. The number of hydrogen-bond donors (Lipinski definition) is 1. The first-order chi connectivity index (χ1) is 4.31. The molecule has 0 aromatic rings. The van der Waals surface area contributed by atoms with Gasteiger partial charge in [-0.3, -0.25) is 4.79 Å². The first-order valence-electron chi connectivity index (χ1n) is 3.15. The van der Waals surface area contributed by atoms with Crippen molar-refractivity contribution in [3.05, 3.63) is 12.2 Å². The van der Waals surface area contributed by atoms with E-state index in [0.717, 1.165) is 6.42 Å². The van der Waals surface area contributed by atoms with E-state index in [1.165, 1.54) is 0 Å². The van der Waals surface area contributed by atoms with Gasteiger partial charge in [0.25, 0.3) is 0 Å². The Hall–Kier alpha value is -0.630. The van der Waals surface area contributed by atoms with E-state index in [9.17, 15) is 4.79 Å². The van der Waals surface area contributed by atoms with Crippen LogP contribution in [0.2, 0.25) is 0 Å². The number of carbonyl (C=O) groups is 1. The van der Waals surface area contributed by atoms with Crippen molar-refractivity contribution in [2.75, 3.05) is 13.6 Å². The average molecular weight is 127 g/mol. The summed E-state index contributed by atoms with van der Waals surface area (Å²) in [6.07, 6.45) is 4.39. The highest BCUT2D eigenvalue weighted by Gasteiger charge is 1.89. The van der Waals surface area contributed by atoms with E-state index in [0.29, 0.717) is 6.54 Å². The van der Waals surface area contributed by atoms with Crippen molar-refractivity contribution in [1.82, 2.24) is 5.32 Å². The lowest BCUT2D eigenvalue weighted by Crippen LogP contribution is -2.15. The first-order valence-corrected chi connectivity index (χ1v) is 3.15. The third kappa shape index (κ3) is 5.24. The molecule has 0 saturated carbocycles. The van der Waals surface area contributed by atoms with E-state index in [1.807, 2.05) is 13.0 Å². The number of likely N-dealkylation sites (N-methyl/N-ethyl adjacent to an activating group) is 1. The van der Waals surface area contributed by atoms with Gasteiger partial charge < -0.3 is 5.32 Å². The number of rotatable bonds is 4. The Morgan fingerprint density at radius 2 is 2.33 bits per heavy atom. The van der Waals surface area contributed by atoms with Crippen LogP contribution < -0.4 is 5.32 Å². The highest BCUT2D eigenvalue weighted by molar-refractivity contribution is 5.91. The molecule has 0 rings (SSSR count). The maximum absolute atomic E-state index is 10.7. The summed E-state index contributed by atoms with van der Waals surface area (Å²) in [5.74, 6) is 0.138. The standard InChI is InChI=1S/C7H13NO/c1-3-4-5-7(9)6-8-2/h4-5,8H,3,6H2,1-2H3/b5-4+. The molecule has 0 bridgehead atoms. The van der Waals surface area contributed by atoms with Gasteiger partial charge in [-0.05, 0) is 19.5 Å². The van der Waals surface area contributed by atoms with Gasteiger partial charge in [-0.25, -0.2) is 0 Å². The summed E-state index contributed by atoms with van der Waals surface area (Å²) in [5.41, 5.74) is 0. The third-order valence-corrected chi connectivity index (χ3v) is 0.890. The molecular weight excluding hydrogens is 114 g/mol. The van der Waals surface area contributed by atoms with Crippen molar-refractivity contribution in [3.8, 4) is 0 Å². The van der Waals surface area contributed by atoms with Crippen LogP contribution in [-0.4, -0.2) is 19.4 Å². The molecule has 0 aromatic heterocycles. The van der Waals surface area contributed by atoms with E-state index in [2.05, 4.69) is 5.32 Å². The van der Waals surface area contributed by atoms with Crippen LogP contribution in [0.3, 0.4) is 0 Å². The zero-order valence-corrected chi connectivity index (χ0v) is 5.98. The fourth-order valence-corrected chi connectivity index (χ4v) is 0.482. The molecule has 0 radical (unpaired) electrons. The molecule has 0 saturated heterocycles. The van der Waals surface area contributed by atoms with Crippen molar-refractivity contribution < 1.29 is 4.79 Å². The maximum Gasteiger partial charge on any atom is 0.169 e. The Labute approximate surface area is 56.0 Å². The molecule has 52 valence electrons. The average Bonchev–Trinajstić information content (AvgIpc) is 1.85. The summed E-state index contributed by atoms with van der Waals surface area (Å²) in [5, 5.41) is 2.78. The predicted octanol–water partition coefficient (Wildman–Crippen LogP) is 0.741. The molecule has 0 unspecified atom stereocenters. The second-order valence-corrected chi connectivity index (χ2v) is 1.81. The van der Waals surface area contributed by atoms with Gasteiger partial charge in [-0.1, -0.05) is 13.0 Å². The SMILES string of the molecule is CC/C=C/C(=O)CNC. The first kappa shape index (κ1) is 8.37. The van der Waals surface area contributed by atoms with Crippen molar-refractivity contribution >= 4 is 5.78 Å². The minimum Gasteiger partial charge on any atom is -0.313 e. The molecule has 0 aliphatic carbocycles. The van der Waals surface area contributed by atoms with E-state index in [4.69, 9.17) is 0 Å². The zero-order valence-electron chi connectivity index (χ0n) is 5.98. The molecule has 0 aromatic carbocycles. The monoisotopic (exact) mass is 127 g/mol. The minimum atomic E-state index is 0.138. The summed E-state index contributed by atoms with van der Waals surface area (Å²) in [4.78, 5) is 10.7. The van der Waals surface area contributed by atoms with Gasteiger partial charge in [0.2, 0.25) is 0 Å². The number of ketones is 1. The Morgan fingerprint density at radius 3 is 2.78 bits per heavy atom. The van der Waals surface area contributed by atoms with Crippen LogP contribution in [0.25, 0.3) is 0 Å². The van der Waals surface area contributed by atoms with Crippen molar-refractivity contribution in [1.29, 1.82) is 0 Å². The van der Waals surface area contributed by atoms with Gasteiger partial charge in [0.15, 0.2) is 5.78 Å². The largest absolute Gasteiger partial charge is 0.313 e. The van der Waals surface area contributed by atoms with Crippen LogP contribution >= 0.6 is 0 Å². The number of hydrogen-bond acceptors (Lipinski definition) is 2. The highest BCUT2D eigenvalue weighted by Crippen LogP contribution is 1.79. The van der Waals surface area contributed by atoms with Crippen LogP contribution in [0.5, 0.6) is 0 Å². The van der Waals surface area contributed by atoms with Gasteiger partial charge in [-0.2, -0.15) is 0 Å². The topological polar surface area (TPSA) is 29.1 Å². The van der Waals surface area contributed by atoms with Crippen molar-refractivity contribution in [2.45, 2.75) is 13.3 Å². The summed E-state index contributed by atoms with van der Waals surface area (Å²) in [6.45, 7) is 2.44. The Kier molecular flexibility index (Phi) is 5.12. The Morgan fingerprint density at radius 1 is 1.67 bits per heavy atom. The van der Waals surface area contributed by atoms with Crippen LogP contribution in [0, 0.1) is 0 Å². The summed E-state index contributed by atoms with van der Waals surface area (Å²) in [7, 11) is 1.76. The van der Waals surface area contributed by atoms with Crippen LogP contribution in [0.1, 0.15) is 13.3 Å². The van der Waals surface area contributed by atoms with Gasteiger partial charge in [0, 0.05) is 0 Å². The lowest BCUT2D eigenvalue weighted by Gasteiger charge is -1.89. The molecule has 0 heterocycles. The van der Waals surface area contributed by atoms with Gasteiger partial charge in [0.05, 0.1) is 6.54 Å². The lowest BCUT2D eigenvalue weighted by atomic mass is 10.3. The second-order valence-electron chi connectivity index (χ2n) is 1.81. The molecule has 0 atom stereocenters. The van der Waals surface area contributed by atoms with Gasteiger partial charge in [0.1, 0.15) is 0 Å². The highest BCUT2D eigenvalue weighted by atomic mass is 16.1. The molecule has 2 heteroatoms. The third-order valence-electron chi connectivity index (χ3n) is 0.890. The number of nitrogens with one attached hydrogen (secondary N) is 1. The predicted molar refractivity (Wildman–Crippen MR) is 38.4 cm³/mol. The van der Waals surface area contributed by atoms with E-state index in [1.54, 1.807) is 13.1 Å². The normalized spacial score (nSPS) is 10.4. The molecule has 1 N–H and O–H groups in total. The zero-order chi connectivity index (χ0) is 7.11. The van der Waals surface area contributed by atoms with Crippen LogP contribution in [0.4, 0.5) is 0 Å². The van der Waals surface area contributed by atoms with Crippen molar-refractivity contribution in [2.24, 2.45) is 0 Å².